The molecule has 24 heavy (non-hydrogen) atoms. The molecule has 0 spiro atoms. The number of carbonyl (C=O) groups is 1. The Morgan fingerprint density at radius 3 is 2.75 bits per heavy atom. The van der Waals surface area contributed by atoms with Crippen LogP contribution in [0, 0.1) is 5.92 Å². The molecule has 5 heteroatoms. The Bertz CT molecular complexity index is 747. The number of hydrogen-bond donors (Lipinski definition) is 2. The molecule has 2 aromatic rings. The average Bonchev–Trinajstić information content (AvgIpc) is 3.09. The molecule has 0 radical (unpaired) electrons. The van der Waals surface area contributed by atoms with Gasteiger partial charge < -0.3 is 10.3 Å². The Hall–Kier alpha value is -1.59. The van der Waals surface area contributed by atoms with E-state index in [0.29, 0.717) is 17.7 Å². The van der Waals surface area contributed by atoms with E-state index in [9.17, 15) is 4.79 Å². The minimum absolute atomic E-state index is 0.00171. The lowest BCUT2D eigenvalue weighted by Gasteiger charge is -2.49. The van der Waals surface area contributed by atoms with Crippen molar-refractivity contribution >= 4 is 21.8 Å². The van der Waals surface area contributed by atoms with Crippen LogP contribution in [0.1, 0.15) is 30.3 Å². The van der Waals surface area contributed by atoms with Crippen LogP contribution in [0.5, 0.6) is 0 Å². The number of aromatic nitrogens is 1. The molecule has 3 aliphatic heterocycles. The highest BCUT2D eigenvalue weighted by atomic mass is 79.9. The SMILES string of the molecule is C[C@@H]1[C@H](NC(=O)c2ccc(-c3cccc(Br)c3)[nH]2)C2CCN1CC2. The van der Waals surface area contributed by atoms with Crippen LogP contribution in [0.25, 0.3) is 11.3 Å². The van der Waals surface area contributed by atoms with Crippen molar-refractivity contribution in [3.63, 3.8) is 0 Å². The predicted octanol–water partition coefficient (Wildman–Crippen LogP) is 3.66. The lowest BCUT2D eigenvalue weighted by atomic mass is 9.79. The molecule has 5 rings (SSSR count). The Morgan fingerprint density at radius 2 is 2.04 bits per heavy atom. The van der Waals surface area contributed by atoms with Crippen LogP contribution in [0.15, 0.2) is 40.9 Å². The molecule has 0 saturated carbocycles. The molecule has 3 aliphatic rings. The van der Waals surface area contributed by atoms with Gasteiger partial charge in [0.1, 0.15) is 5.69 Å². The van der Waals surface area contributed by atoms with Gasteiger partial charge in [0.15, 0.2) is 0 Å². The van der Waals surface area contributed by atoms with Crippen molar-refractivity contribution in [1.29, 1.82) is 0 Å². The zero-order valence-electron chi connectivity index (χ0n) is 13.8. The number of H-pyrrole nitrogens is 1. The molecule has 0 aliphatic carbocycles. The number of amides is 1. The molecule has 3 fully saturated rings. The lowest BCUT2D eigenvalue weighted by molar-refractivity contribution is 0.0216. The number of halogens is 1. The fraction of sp³-hybridized carbons (Fsp3) is 0.421. The summed E-state index contributed by atoms with van der Waals surface area (Å²) in [4.78, 5) is 18.4. The lowest BCUT2D eigenvalue weighted by Crippen LogP contribution is -2.62. The van der Waals surface area contributed by atoms with Gasteiger partial charge in [-0.1, -0.05) is 28.1 Å². The van der Waals surface area contributed by atoms with Crippen molar-refractivity contribution in [3.8, 4) is 11.3 Å². The highest BCUT2D eigenvalue weighted by Crippen LogP contribution is 2.32. The summed E-state index contributed by atoms with van der Waals surface area (Å²) in [6.07, 6.45) is 2.40. The maximum absolute atomic E-state index is 12.7. The third kappa shape index (κ3) is 2.91. The van der Waals surface area contributed by atoms with E-state index in [1.165, 1.54) is 25.9 Å². The Morgan fingerprint density at radius 1 is 1.25 bits per heavy atom. The van der Waals surface area contributed by atoms with Crippen molar-refractivity contribution in [2.24, 2.45) is 5.92 Å². The Kier molecular flexibility index (Phi) is 4.22. The van der Waals surface area contributed by atoms with Crippen LogP contribution in [-0.2, 0) is 0 Å². The summed E-state index contributed by atoms with van der Waals surface area (Å²) in [5, 5.41) is 3.27. The molecular formula is C19H22BrN3O. The van der Waals surface area contributed by atoms with E-state index in [0.717, 1.165) is 15.7 Å². The van der Waals surface area contributed by atoms with Crippen LogP contribution in [0.4, 0.5) is 0 Å². The van der Waals surface area contributed by atoms with Gasteiger partial charge in [-0.05, 0) is 68.6 Å². The molecular weight excluding hydrogens is 366 g/mol. The summed E-state index contributed by atoms with van der Waals surface area (Å²) >= 11 is 3.49. The quantitative estimate of drug-likeness (QED) is 0.843. The maximum atomic E-state index is 12.7. The number of nitrogens with one attached hydrogen (secondary N) is 2. The highest BCUT2D eigenvalue weighted by Gasteiger charge is 2.40. The first-order valence-corrected chi connectivity index (χ1v) is 9.41. The van der Waals surface area contributed by atoms with Crippen LogP contribution in [0.3, 0.4) is 0 Å². The molecule has 126 valence electrons. The fourth-order valence-corrected chi connectivity index (χ4v) is 4.53. The van der Waals surface area contributed by atoms with Gasteiger partial charge in [0.05, 0.1) is 0 Å². The number of carbonyl (C=O) groups excluding carboxylic acids is 1. The van der Waals surface area contributed by atoms with E-state index < -0.39 is 0 Å². The number of rotatable bonds is 3. The molecule has 1 aromatic heterocycles. The van der Waals surface area contributed by atoms with Crippen LogP contribution in [0.2, 0.25) is 0 Å². The second-order valence-corrected chi connectivity index (χ2v) is 7.82. The molecule has 2 N–H and O–H groups in total. The Labute approximate surface area is 150 Å². The van der Waals surface area contributed by atoms with Gasteiger partial charge in [0, 0.05) is 22.3 Å². The number of benzene rings is 1. The van der Waals surface area contributed by atoms with E-state index in [-0.39, 0.29) is 11.9 Å². The van der Waals surface area contributed by atoms with Gasteiger partial charge in [-0.25, -0.2) is 0 Å². The van der Waals surface area contributed by atoms with Gasteiger partial charge in [0.25, 0.3) is 5.91 Å². The molecule has 2 bridgehead atoms. The maximum Gasteiger partial charge on any atom is 0.267 e. The van der Waals surface area contributed by atoms with Crippen molar-refractivity contribution < 1.29 is 4.79 Å². The second-order valence-electron chi connectivity index (χ2n) is 6.91. The summed E-state index contributed by atoms with van der Waals surface area (Å²) < 4.78 is 1.03. The highest BCUT2D eigenvalue weighted by molar-refractivity contribution is 9.10. The van der Waals surface area contributed by atoms with Crippen LogP contribution in [-0.4, -0.2) is 41.0 Å². The molecule has 2 atom stereocenters. The zero-order chi connectivity index (χ0) is 16.7. The van der Waals surface area contributed by atoms with E-state index in [1.54, 1.807) is 0 Å². The monoisotopic (exact) mass is 387 g/mol. The number of fused-ring (bicyclic) bond motifs is 3. The third-order valence-electron chi connectivity index (χ3n) is 5.54. The minimum atomic E-state index is 0.00171. The normalized spacial score (nSPS) is 28.8. The van der Waals surface area contributed by atoms with Crippen molar-refractivity contribution in [2.45, 2.75) is 31.8 Å². The zero-order valence-corrected chi connectivity index (χ0v) is 15.3. The van der Waals surface area contributed by atoms with Crippen molar-refractivity contribution in [2.75, 3.05) is 13.1 Å². The third-order valence-corrected chi connectivity index (χ3v) is 6.04. The largest absolute Gasteiger partial charge is 0.351 e. The first-order valence-electron chi connectivity index (χ1n) is 8.62. The summed E-state index contributed by atoms with van der Waals surface area (Å²) in [7, 11) is 0. The van der Waals surface area contributed by atoms with Gasteiger partial charge in [0.2, 0.25) is 0 Å². The predicted molar refractivity (Wildman–Crippen MR) is 98.9 cm³/mol. The standard InChI is InChI=1S/C19H22BrN3O/c1-12-18(13-7-9-23(12)10-8-13)22-19(24)17-6-5-16(21-17)14-3-2-4-15(20)11-14/h2-6,11-13,18,21H,7-10H2,1H3,(H,22,24)/t12-,18+/m1/s1. The van der Waals surface area contributed by atoms with Crippen LogP contribution >= 0.6 is 15.9 Å². The number of nitrogens with zero attached hydrogens (tertiary/aromatic N) is 1. The smallest absolute Gasteiger partial charge is 0.267 e. The van der Waals surface area contributed by atoms with Gasteiger partial charge >= 0.3 is 0 Å². The first kappa shape index (κ1) is 15.9. The fourth-order valence-electron chi connectivity index (χ4n) is 4.13. The summed E-state index contributed by atoms with van der Waals surface area (Å²) in [5.41, 5.74) is 2.66. The van der Waals surface area contributed by atoms with Crippen LogP contribution < -0.4 is 5.32 Å². The number of aromatic amines is 1. The molecule has 3 saturated heterocycles. The molecule has 0 unspecified atom stereocenters. The van der Waals surface area contributed by atoms with Gasteiger partial charge in [-0.2, -0.15) is 0 Å². The molecule has 1 aromatic carbocycles. The molecule has 1 amide bonds. The van der Waals surface area contributed by atoms with Gasteiger partial charge in [-0.3, -0.25) is 9.69 Å². The second kappa shape index (κ2) is 6.37. The number of hydrogen-bond acceptors (Lipinski definition) is 2. The minimum Gasteiger partial charge on any atom is -0.351 e. The van der Waals surface area contributed by atoms with E-state index in [4.69, 9.17) is 0 Å². The van der Waals surface area contributed by atoms with E-state index >= 15 is 0 Å². The summed E-state index contributed by atoms with van der Waals surface area (Å²) in [5.74, 6) is 0.621. The van der Waals surface area contributed by atoms with Crippen molar-refractivity contribution in [3.05, 3.63) is 46.6 Å². The first-order chi connectivity index (χ1) is 11.6. The van der Waals surface area contributed by atoms with Gasteiger partial charge in [-0.15, -0.1) is 0 Å². The van der Waals surface area contributed by atoms with E-state index in [2.05, 4.69) is 38.1 Å². The topological polar surface area (TPSA) is 48.1 Å². The number of piperidine rings is 3. The molecule has 4 nitrogen and oxygen atoms in total. The summed E-state index contributed by atoms with van der Waals surface area (Å²) in [6, 6.07) is 12.6. The van der Waals surface area contributed by atoms with Crippen molar-refractivity contribution in [1.82, 2.24) is 15.2 Å². The average molecular weight is 388 g/mol. The van der Waals surface area contributed by atoms with E-state index in [1.807, 2.05) is 36.4 Å². The summed E-state index contributed by atoms with van der Waals surface area (Å²) in [6.45, 7) is 4.58. The Balaban J connectivity index is 1.49. The molecule has 4 heterocycles.